The van der Waals surface area contributed by atoms with Crippen LogP contribution in [0.25, 0.3) is 0 Å². The smallest absolute Gasteiger partial charge is 0.127 e. The third-order valence-electron chi connectivity index (χ3n) is 3.66. The van der Waals surface area contributed by atoms with Crippen molar-refractivity contribution in [3.05, 3.63) is 23.3 Å². The van der Waals surface area contributed by atoms with Gasteiger partial charge in [-0.15, -0.1) is 11.8 Å². The monoisotopic (exact) mass is 251 g/mol. The average molecular weight is 251 g/mol. The SMILES string of the molecule is COc1c(C)ccc(SC)c1C1(C)CCCN1. The molecule has 1 N–H and O–H groups in total. The Labute approximate surface area is 108 Å². The number of thioether (sulfide) groups is 1. The van der Waals surface area contributed by atoms with Crippen LogP contribution in [0, 0.1) is 6.92 Å². The fourth-order valence-corrected chi connectivity index (χ4v) is 3.46. The largest absolute Gasteiger partial charge is 0.496 e. The van der Waals surface area contributed by atoms with Gasteiger partial charge in [0.15, 0.2) is 0 Å². The summed E-state index contributed by atoms with van der Waals surface area (Å²) in [5.74, 6) is 1.05. The molecule has 0 saturated carbocycles. The number of ether oxygens (including phenoxy) is 1. The van der Waals surface area contributed by atoms with Gasteiger partial charge in [0, 0.05) is 16.0 Å². The molecule has 0 radical (unpaired) electrons. The molecule has 0 spiro atoms. The fourth-order valence-electron chi connectivity index (χ4n) is 2.73. The van der Waals surface area contributed by atoms with Gasteiger partial charge in [0.1, 0.15) is 5.75 Å². The highest BCUT2D eigenvalue weighted by molar-refractivity contribution is 7.98. The average Bonchev–Trinajstić information content (AvgIpc) is 2.76. The first-order chi connectivity index (χ1) is 8.12. The standard InChI is InChI=1S/C14H21NOS/c1-10-6-7-11(17-4)12(13(10)16-3)14(2)8-5-9-15-14/h6-7,15H,5,8-9H2,1-4H3. The van der Waals surface area contributed by atoms with Crippen molar-refractivity contribution in [2.24, 2.45) is 0 Å². The van der Waals surface area contributed by atoms with E-state index in [1.165, 1.54) is 28.9 Å². The van der Waals surface area contributed by atoms with Gasteiger partial charge in [-0.3, -0.25) is 0 Å². The van der Waals surface area contributed by atoms with E-state index in [9.17, 15) is 0 Å². The summed E-state index contributed by atoms with van der Waals surface area (Å²) in [4.78, 5) is 1.32. The zero-order chi connectivity index (χ0) is 12.5. The van der Waals surface area contributed by atoms with Gasteiger partial charge in [0.05, 0.1) is 7.11 Å². The Morgan fingerprint density at radius 3 is 2.71 bits per heavy atom. The normalized spacial score (nSPS) is 24.0. The molecule has 1 fully saturated rings. The Balaban J connectivity index is 2.59. The minimum Gasteiger partial charge on any atom is -0.496 e. The quantitative estimate of drug-likeness (QED) is 0.833. The number of aryl methyl sites for hydroxylation is 1. The Bertz CT molecular complexity index is 411. The summed E-state index contributed by atoms with van der Waals surface area (Å²) in [6.07, 6.45) is 4.55. The number of methoxy groups -OCH3 is 1. The summed E-state index contributed by atoms with van der Waals surface area (Å²) in [6, 6.07) is 4.36. The zero-order valence-electron chi connectivity index (χ0n) is 11.1. The summed E-state index contributed by atoms with van der Waals surface area (Å²) in [7, 11) is 1.77. The van der Waals surface area contributed by atoms with Crippen LogP contribution >= 0.6 is 11.8 Å². The molecule has 0 amide bonds. The van der Waals surface area contributed by atoms with Crippen LogP contribution in [0.3, 0.4) is 0 Å². The van der Waals surface area contributed by atoms with E-state index in [0.717, 1.165) is 12.3 Å². The minimum absolute atomic E-state index is 0.0652. The molecule has 0 bridgehead atoms. The second-order valence-corrected chi connectivity index (χ2v) is 5.70. The molecule has 1 aliphatic rings. The van der Waals surface area contributed by atoms with Crippen molar-refractivity contribution in [2.45, 2.75) is 37.1 Å². The maximum absolute atomic E-state index is 5.64. The van der Waals surface area contributed by atoms with Crippen molar-refractivity contribution in [3.63, 3.8) is 0 Å². The topological polar surface area (TPSA) is 21.3 Å². The van der Waals surface area contributed by atoms with E-state index in [0.29, 0.717) is 0 Å². The Hall–Kier alpha value is -0.670. The number of hydrogen-bond donors (Lipinski definition) is 1. The first-order valence-corrected chi connectivity index (χ1v) is 7.32. The Kier molecular flexibility index (Phi) is 3.69. The van der Waals surface area contributed by atoms with E-state index in [1.807, 2.05) is 0 Å². The lowest BCUT2D eigenvalue weighted by Gasteiger charge is -2.30. The van der Waals surface area contributed by atoms with Crippen molar-refractivity contribution in [3.8, 4) is 5.75 Å². The molecule has 1 aliphatic heterocycles. The molecule has 0 aliphatic carbocycles. The summed E-state index contributed by atoms with van der Waals surface area (Å²) < 4.78 is 5.64. The number of benzene rings is 1. The van der Waals surface area contributed by atoms with Crippen LogP contribution in [0.1, 0.15) is 30.9 Å². The van der Waals surface area contributed by atoms with Crippen LogP contribution in [-0.2, 0) is 5.54 Å². The molecule has 17 heavy (non-hydrogen) atoms. The minimum atomic E-state index is 0.0652. The molecule has 1 atom stereocenters. The Morgan fingerprint density at radius 1 is 1.41 bits per heavy atom. The van der Waals surface area contributed by atoms with Crippen molar-refractivity contribution >= 4 is 11.8 Å². The van der Waals surface area contributed by atoms with Gasteiger partial charge in [0.2, 0.25) is 0 Å². The molecule has 2 rings (SSSR count). The van der Waals surface area contributed by atoms with Crippen LogP contribution in [0.4, 0.5) is 0 Å². The second kappa shape index (κ2) is 4.91. The summed E-state index contributed by atoms with van der Waals surface area (Å²) in [5, 5.41) is 3.63. The predicted molar refractivity (Wildman–Crippen MR) is 74.1 cm³/mol. The van der Waals surface area contributed by atoms with E-state index >= 15 is 0 Å². The fraction of sp³-hybridized carbons (Fsp3) is 0.571. The van der Waals surface area contributed by atoms with E-state index in [-0.39, 0.29) is 5.54 Å². The van der Waals surface area contributed by atoms with Crippen LogP contribution in [0.2, 0.25) is 0 Å². The van der Waals surface area contributed by atoms with Crippen LogP contribution in [0.5, 0.6) is 5.75 Å². The van der Waals surface area contributed by atoms with Gasteiger partial charge in [-0.05, 0) is 51.1 Å². The third kappa shape index (κ3) is 2.18. The van der Waals surface area contributed by atoms with Gasteiger partial charge in [-0.2, -0.15) is 0 Å². The first kappa shape index (κ1) is 12.8. The van der Waals surface area contributed by atoms with Crippen LogP contribution in [0.15, 0.2) is 17.0 Å². The van der Waals surface area contributed by atoms with Crippen LogP contribution in [-0.4, -0.2) is 19.9 Å². The lowest BCUT2D eigenvalue weighted by Crippen LogP contribution is -2.34. The molecular formula is C14H21NOS. The highest BCUT2D eigenvalue weighted by Crippen LogP contribution is 2.43. The van der Waals surface area contributed by atoms with Gasteiger partial charge >= 0.3 is 0 Å². The van der Waals surface area contributed by atoms with Gasteiger partial charge in [-0.1, -0.05) is 6.07 Å². The van der Waals surface area contributed by atoms with E-state index in [4.69, 9.17) is 4.74 Å². The lowest BCUT2D eigenvalue weighted by atomic mass is 9.88. The van der Waals surface area contributed by atoms with Crippen LogP contribution < -0.4 is 10.1 Å². The number of rotatable bonds is 3. The third-order valence-corrected chi connectivity index (χ3v) is 4.44. The van der Waals surface area contributed by atoms with E-state index < -0.39 is 0 Å². The van der Waals surface area contributed by atoms with Gasteiger partial charge in [0.25, 0.3) is 0 Å². The summed E-state index contributed by atoms with van der Waals surface area (Å²) >= 11 is 1.80. The molecule has 0 aromatic heterocycles. The highest BCUT2D eigenvalue weighted by atomic mass is 32.2. The maximum Gasteiger partial charge on any atom is 0.127 e. The molecule has 1 aromatic rings. The molecular weight excluding hydrogens is 230 g/mol. The Morgan fingerprint density at radius 2 is 2.18 bits per heavy atom. The predicted octanol–water partition coefficient (Wildman–Crippen LogP) is 3.32. The van der Waals surface area contributed by atoms with Gasteiger partial charge < -0.3 is 10.1 Å². The molecule has 1 unspecified atom stereocenters. The molecule has 3 heteroatoms. The van der Waals surface area contributed by atoms with Gasteiger partial charge in [-0.25, -0.2) is 0 Å². The van der Waals surface area contributed by atoms with Crippen molar-refractivity contribution < 1.29 is 4.74 Å². The highest BCUT2D eigenvalue weighted by Gasteiger charge is 2.35. The summed E-state index contributed by atoms with van der Waals surface area (Å²) in [6.45, 7) is 5.50. The zero-order valence-corrected chi connectivity index (χ0v) is 11.9. The summed E-state index contributed by atoms with van der Waals surface area (Å²) in [5.41, 5.74) is 2.62. The van der Waals surface area contributed by atoms with Crippen molar-refractivity contribution in [1.82, 2.24) is 5.32 Å². The molecule has 2 nitrogen and oxygen atoms in total. The van der Waals surface area contributed by atoms with E-state index in [1.54, 1.807) is 18.9 Å². The lowest BCUT2D eigenvalue weighted by molar-refractivity contribution is 0.363. The molecule has 94 valence electrons. The molecule has 1 aromatic carbocycles. The second-order valence-electron chi connectivity index (χ2n) is 4.86. The molecule has 1 saturated heterocycles. The number of nitrogens with one attached hydrogen (secondary N) is 1. The maximum atomic E-state index is 5.64. The molecule has 1 heterocycles. The van der Waals surface area contributed by atoms with Crippen molar-refractivity contribution in [1.29, 1.82) is 0 Å². The van der Waals surface area contributed by atoms with Crippen molar-refractivity contribution in [2.75, 3.05) is 19.9 Å². The van der Waals surface area contributed by atoms with E-state index in [2.05, 4.69) is 37.6 Å². The number of hydrogen-bond acceptors (Lipinski definition) is 3. The first-order valence-electron chi connectivity index (χ1n) is 6.09.